The molecule has 0 aliphatic carbocycles. The van der Waals surface area contributed by atoms with E-state index in [1.54, 1.807) is 0 Å². The summed E-state index contributed by atoms with van der Waals surface area (Å²) in [5.74, 6) is 1.21. The van der Waals surface area contributed by atoms with Crippen LogP contribution in [0.25, 0.3) is 0 Å². The highest BCUT2D eigenvalue weighted by atomic mass is 16.5. The molecular weight excluding hydrogens is 230 g/mol. The lowest BCUT2D eigenvalue weighted by Gasteiger charge is -2.32. The molecule has 2 aromatic rings. The molecule has 3 rings (SSSR count). The van der Waals surface area contributed by atoms with Crippen molar-refractivity contribution in [3.8, 4) is 0 Å². The van der Waals surface area contributed by atoms with Crippen LogP contribution in [0.4, 0.5) is 5.69 Å². The van der Waals surface area contributed by atoms with Crippen molar-refractivity contribution in [2.24, 2.45) is 0 Å². The zero-order chi connectivity index (χ0) is 12.4. The van der Waals surface area contributed by atoms with E-state index in [-0.39, 0.29) is 6.10 Å². The van der Waals surface area contributed by atoms with Gasteiger partial charge in [-0.15, -0.1) is 0 Å². The third kappa shape index (κ3) is 2.22. The zero-order valence-electron chi connectivity index (χ0n) is 10.2. The van der Waals surface area contributed by atoms with Gasteiger partial charge in [0.1, 0.15) is 0 Å². The van der Waals surface area contributed by atoms with Crippen LogP contribution in [0.2, 0.25) is 0 Å². The van der Waals surface area contributed by atoms with Crippen LogP contribution >= 0.6 is 0 Å². The topological polar surface area (TPSA) is 51.4 Å². The van der Waals surface area contributed by atoms with Gasteiger partial charge in [0.15, 0.2) is 11.9 Å². The third-order valence-corrected chi connectivity index (χ3v) is 3.01. The molecule has 2 heterocycles. The molecule has 1 aromatic heterocycles. The van der Waals surface area contributed by atoms with Gasteiger partial charge in [-0.2, -0.15) is 4.98 Å². The van der Waals surface area contributed by atoms with Crippen molar-refractivity contribution in [2.75, 3.05) is 24.6 Å². The van der Waals surface area contributed by atoms with Gasteiger partial charge in [0, 0.05) is 12.2 Å². The van der Waals surface area contributed by atoms with E-state index in [4.69, 9.17) is 9.26 Å². The molecule has 5 nitrogen and oxygen atoms in total. The van der Waals surface area contributed by atoms with Gasteiger partial charge in [0.05, 0.1) is 13.2 Å². The van der Waals surface area contributed by atoms with Crippen molar-refractivity contribution in [3.05, 3.63) is 42.0 Å². The Hall–Kier alpha value is -1.88. The zero-order valence-corrected chi connectivity index (χ0v) is 10.2. The lowest BCUT2D eigenvalue weighted by molar-refractivity contribution is 0.0186. The number of aromatic nitrogens is 2. The molecule has 1 aliphatic heterocycles. The van der Waals surface area contributed by atoms with Crippen molar-refractivity contribution in [2.45, 2.75) is 13.0 Å². The maximum absolute atomic E-state index is 5.69. The first-order valence-corrected chi connectivity index (χ1v) is 6.05. The van der Waals surface area contributed by atoms with Crippen molar-refractivity contribution in [3.63, 3.8) is 0 Å². The number of aryl methyl sites for hydroxylation is 1. The Morgan fingerprint density at radius 3 is 2.83 bits per heavy atom. The highest BCUT2D eigenvalue weighted by Gasteiger charge is 2.26. The minimum Gasteiger partial charge on any atom is -0.366 e. The number of rotatable bonds is 2. The van der Waals surface area contributed by atoms with E-state index in [1.165, 1.54) is 5.69 Å². The minimum absolute atomic E-state index is 0.139. The van der Waals surface area contributed by atoms with E-state index in [0.29, 0.717) is 18.3 Å². The van der Waals surface area contributed by atoms with Crippen LogP contribution in [0, 0.1) is 6.92 Å². The molecule has 0 amide bonds. The Balaban J connectivity index is 1.76. The standard InChI is InChI=1S/C13H15N3O2/c1-10-14-13(18-15-10)12-9-16(7-8-17-12)11-5-3-2-4-6-11/h2-6,12H,7-9H2,1H3. The van der Waals surface area contributed by atoms with Crippen molar-refractivity contribution in [1.29, 1.82) is 0 Å². The SMILES string of the molecule is Cc1noc(C2CN(c3ccccc3)CCO2)n1. The van der Waals surface area contributed by atoms with Crippen LogP contribution in [0.15, 0.2) is 34.9 Å². The Morgan fingerprint density at radius 1 is 1.28 bits per heavy atom. The van der Waals surface area contributed by atoms with Gasteiger partial charge < -0.3 is 14.2 Å². The van der Waals surface area contributed by atoms with Crippen LogP contribution in [0.3, 0.4) is 0 Å². The lowest BCUT2D eigenvalue weighted by Crippen LogP contribution is -2.38. The molecule has 0 bridgehead atoms. The first-order valence-electron chi connectivity index (χ1n) is 6.05. The van der Waals surface area contributed by atoms with Crippen molar-refractivity contribution < 1.29 is 9.26 Å². The molecule has 18 heavy (non-hydrogen) atoms. The fourth-order valence-electron chi connectivity index (χ4n) is 2.12. The van der Waals surface area contributed by atoms with Crippen LogP contribution in [0.5, 0.6) is 0 Å². The maximum Gasteiger partial charge on any atom is 0.257 e. The van der Waals surface area contributed by atoms with Gasteiger partial charge in [-0.25, -0.2) is 0 Å². The summed E-state index contributed by atoms with van der Waals surface area (Å²) >= 11 is 0. The van der Waals surface area contributed by atoms with Gasteiger partial charge in [-0.1, -0.05) is 23.4 Å². The number of benzene rings is 1. The van der Waals surface area contributed by atoms with E-state index >= 15 is 0 Å². The number of anilines is 1. The first-order chi connectivity index (χ1) is 8.83. The molecule has 94 valence electrons. The predicted octanol–water partition coefficient (Wildman–Crippen LogP) is 1.96. The van der Waals surface area contributed by atoms with E-state index in [0.717, 1.165) is 13.1 Å². The monoisotopic (exact) mass is 245 g/mol. The summed E-state index contributed by atoms with van der Waals surface area (Å²) in [5, 5.41) is 3.80. The normalized spacial score (nSPS) is 20.1. The summed E-state index contributed by atoms with van der Waals surface area (Å²) in [6.45, 7) is 4.10. The third-order valence-electron chi connectivity index (χ3n) is 3.01. The maximum atomic E-state index is 5.69. The molecule has 1 aromatic carbocycles. The molecule has 0 spiro atoms. The van der Waals surface area contributed by atoms with Crippen LogP contribution in [-0.2, 0) is 4.74 Å². The number of nitrogens with zero attached hydrogens (tertiary/aromatic N) is 3. The molecule has 0 radical (unpaired) electrons. The second kappa shape index (κ2) is 4.78. The minimum atomic E-state index is -0.139. The van der Waals surface area contributed by atoms with Gasteiger partial charge in [0.25, 0.3) is 5.89 Å². The fraction of sp³-hybridized carbons (Fsp3) is 0.385. The summed E-state index contributed by atoms with van der Waals surface area (Å²) in [6.07, 6.45) is -0.139. The molecule has 5 heteroatoms. The van der Waals surface area contributed by atoms with E-state index in [9.17, 15) is 0 Å². The molecular formula is C13H15N3O2. The van der Waals surface area contributed by atoms with Gasteiger partial charge in [-0.05, 0) is 19.1 Å². The summed E-state index contributed by atoms with van der Waals surface area (Å²) in [6, 6.07) is 10.3. The second-order valence-electron chi connectivity index (χ2n) is 4.32. The second-order valence-corrected chi connectivity index (χ2v) is 4.32. The molecule has 0 N–H and O–H groups in total. The summed E-state index contributed by atoms with van der Waals surface area (Å²) in [7, 11) is 0. The highest BCUT2D eigenvalue weighted by Crippen LogP contribution is 2.24. The number of morpholine rings is 1. The van der Waals surface area contributed by atoms with Crippen LogP contribution in [-0.4, -0.2) is 29.8 Å². The van der Waals surface area contributed by atoms with Crippen molar-refractivity contribution in [1.82, 2.24) is 10.1 Å². The molecule has 1 unspecified atom stereocenters. The summed E-state index contributed by atoms with van der Waals surface area (Å²) in [4.78, 5) is 6.50. The Labute approximate surface area is 105 Å². The van der Waals surface area contributed by atoms with Gasteiger partial charge in [-0.3, -0.25) is 0 Å². The molecule has 1 fully saturated rings. The van der Waals surface area contributed by atoms with Gasteiger partial charge in [0.2, 0.25) is 0 Å². The fourth-order valence-corrected chi connectivity index (χ4v) is 2.12. The first kappa shape index (κ1) is 11.2. The summed E-state index contributed by atoms with van der Waals surface area (Å²) in [5.41, 5.74) is 1.20. The Bertz CT molecular complexity index is 512. The molecule has 1 aliphatic rings. The highest BCUT2D eigenvalue weighted by molar-refractivity contribution is 5.46. The average molecular weight is 245 g/mol. The molecule has 0 saturated carbocycles. The number of hydrogen-bond donors (Lipinski definition) is 0. The Kier molecular flexibility index (Phi) is 2.98. The Morgan fingerprint density at radius 2 is 2.11 bits per heavy atom. The van der Waals surface area contributed by atoms with E-state index in [2.05, 4.69) is 27.2 Å². The smallest absolute Gasteiger partial charge is 0.257 e. The number of ether oxygens (including phenoxy) is 1. The molecule has 1 atom stereocenters. The number of para-hydroxylation sites is 1. The van der Waals surface area contributed by atoms with E-state index < -0.39 is 0 Å². The average Bonchev–Trinajstić information content (AvgIpc) is 2.87. The van der Waals surface area contributed by atoms with Crippen LogP contribution < -0.4 is 4.90 Å². The van der Waals surface area contributed by atoms with Crippen molar-refractivity contribution >= 4 is 5.69 Å². The van der Waals surface area contributed by atoms with E-state index in [1.807, 2.05) is 25.1 Å². The predicted molar refractivity (Wildman–Crippen MR) is 66.4 cm³/mol. The quantitative estimate of drug-likeness (QED) is 0.809. The lowest BCUT2D eigenvalue weighted by atomic mass is 10.2. The van der Waals surface area contributed by atoms with Gasteiger partial charge >= 0.3 is 0 Å². The molecule has 1 saturated heterocycles. The number of hydrogen-bond acceptors (Lipinski definition) is 5. The summed E-state index contributed by atoms with van der Waals surface area (Å²) < 4.78 is 10.9. The largest absolute Gasteiger partial charge is 0.366 e. The van der Waals surface area contributed by atoms with Crippen LogP contribution in [0.1, 0.15) is 17.8 Å².